The normalized spacial score (nSPS) is 10.8. The van der Waals surface area contributed by atoms with Gasteiger partial charge in [0.05, 0.1) is 14.2 Å². The van der Waals surface area contributed by atoms with E-state index in [2.05, 4.69) is 0 Å². The fourth-order valence-electron chi connectivity index (χ4n) is 1.32. The molecular formula is C11H13F2NO2. The Morgan fingerprint density at radius 3 is 2.38 bits per heavy atom. The molecule has 88 valence electrons. The summed E-state index contributed by atoms with van der Waals surface area (Å²) in [6.07, 6.45) is 3.15. The van der Waals surface area contributed by atoms with Crippen LogP contribution >= 0.6 is 0 Å². The maximum absolute atomic E-state index is 13.3. The fourth-order valence-corrected chi connectivity index (χ4v) is 1.32. The third-order valence-corrected chi connectivity index (χ3v) is 2.00. The Hall–Kier alpha value is -1.62. The molecule has 0 aliphatic carbocycles. The Kier molecular flexibility index (Phi) is 4.25. The van der Waals surface area contributed by atoms with Crippen molar-refractivity contribution in [1.82, 2.24) is 0 Å². The molecule has 0 fully saturated rings. The molecule has 0 atom stereocenters. The second-order valence-electron chi connectivity index (χ2n) is 2.97. The molecule has 0 aromatic heterocycles. The van der Waals surface area contributed by atoms with E-state index in [-0.39, 0.29) is 11.5 Å². The quantitative estimate of drug-likeness (QED) is 0.858. The minimum atomic E-state index is -1.07. The molecule has 5 heteroatoms. The van der Waals surface area contributed by atoms with Crippen molar-refractivity contribution in [1.29, 1.82) is 0 Å². The zero-order chi connectivity index (χ0) is 12.1. The molecule has 0 aliphatic heterocycles. The van der Waals surface area contributed by atoms with E-state index >= 15 is 0 Å². The van der Waals surface area contributed by atoms with E-state index in [4.69, 9.17) is 15.2 Å². The van der Waals surface area contributed by atoms with Gasteiger partial charge < -0.3 is 15.2 Å². The van der Waals surface area contributed by atoms with E-state index in [0.29, 0.717) is 12.1 Å². The smallest absolute Gasteiger partial charge is 0.204 e. The van der Waals surface area contributed by atoms with Crippen molar-refractivity contribution in [3.63, 3.8) is 0 Å². The molecule has 1 rings (SSSR count). The number of rotatable bonds is 4. The van der Waals surface area contributed by atoms with Crippen LogP contribution in [0.25, 0.3) is 6.08 Å². The van der Waals surface area contributed by atoms with E-state index in [0.717, 1.165) is 6.07 Å². The largest absolute Gasteiger partial charge is 0.492 e. The SMILES string of the molecule is COc1c(/C=C/CN)cc(F)c(F)c1OC. The minimum Gasteiger partial charge on any atom is -0.492 e. The molecule has 0 aliphatic rings. The predicted octanol–water partition coefficient (Wildman–Crippen LogP) is 1.95. The highest BCUT2D eigenvalue weighted by Crippen LogP contribution is 2.36. The summed E-state index contributed by atoms with van der Waals surface area (Å²) in [7, 11) is 2.60. The Morgan fingerprint density at radius 1 is 1.25 bits per heavy atom. The molecule has 0 saturated carbocycles. The number of methoxy groups -OCH3 is 2. The first-order valence-electron chi connectivity index (χ1n) is 4.62. The molecule has 3 nitrogen and oxygen atoms in total. The Balaban J connectivity index is 3.37. The number of hydrogen-bond donors (Lipinski definition) is 1. The van der Waals surface area contributed by atoms with Crippen LogP contribution < -0.4 is 15.2 Å². The summed E-state index contributed by atoms with van der Waals surface area (Å²) < 4.78 is 36.3. The van der Waals surface area contributed by atoms with Crippen molar-refractivity contribution in [3.8, 4) is 11.5 Å². The summed E-state index contributed by atoms with van der Waals surface area (Å²) in [5.74, 6) is -2.16. The first-order valence-corrected chi connectivity index (χ1v) is 4.62. The lowest BCUT2D eigenvalue weighted by molar-refractivity contribution is 0.328. The maximum atomic E-state index is 13.3. The highest BCUT2D eigenvalue weighted by atomic mass is 19.2. The summed E-state index contributed by atoms with van der Waals surface area (Å²) in [5.41, 5.74) is 5.66. The average Bonchev–Trinajstić information content (AvgIpc) is 2.29. The van der Waals surface area contributed by atoms with Gasteiger partial charge in [-0.25, -0.2) is 4.39 Å². The zero-order valence-electron chi connectivity index (χ0n) is 9.09. The van der Waals surface area contributed by atoms with Crippen LogP contribution in [0.2, 0.25) is 0 Å². The van der Waals surface area contributed by atoms with Crippen molar-refractivity contribution in [3.05, 3.63) is 29.3 Å². The monoisotopic (exact) mass is 229 g/mol. The van der Waals surface area contributed by atoms with E-state index < -0.39 is 11.6 Å². The van der Waals surface area contributed by atoms with Crippen LogP contribution in [0.4, 0.5) is 8.78 Å². The van der Waals surface area contributed by atoms with Crippen LogP contribution in [0, 0.1) is 11.6 Å². The van der Waals surface area contributed by atoms with Gasteiger partial charge in [0.2, 0.25) is 11.6 Å². The van der Waals surface area contributed by atoms with Crippen molar-refractivity contribution in [2.24, 2.45) is 5.73 Å². The molecular weight excluding hydrogens is 216 g/mol. The predicted molar refractivity (Wildman–Crippen MR) is 57.6 cm³/mol. The van der Waals surface area contributed by atoms with Crippen LogP contribution in [0.1, 0.15) is 5.56 Å². The summed E-state index contributed by atoms with van der Waals surface area (Å²) in [6, 6.07) is 1.03. The zero-order valence-corrected chi connectivity index (χ0v) is 9.09. The first kappa shape index (κ1) is 12.4. The summed E-state index contributed by atoms with van der Waals surface area (Å²) in [4.78, 5) is 0. The van der Waals surface area contributed by atoms with Crippen molar-refractivity contribution in [2.45, 2.75) is 0 Å². The summed E-state index contributed by atoms with van der Waals surface area (Å²) >= 11 is 0. The molecule has 0 radical (unpaired) electrons. The van der Waals surface area contributed by atoms with Crippen molar-refractivity contribution >= 4 is 6.08 Å². The first-order chi connectivity index (χ1) is 7.65. The van der Waals surface area contributed by atoms with Gasteiger partial charge in [0, 0.05) is 12.1 Å². The molecule has 0 bridgehead atoms. The van der Waals surface area contributed by atoms with Crippen molar-refractivity contribution in [2.75, 3.05) is 20.8 Å². The lowest BCUT2D eigenvalue weighted by Crippen LogP contribution is -1.99. The molecule has 0 heterocycles. The van der Waals surface area contributed by atoms with Gasteiger partial charge in [-0.15, -0.1) is 0 Å². The lowest BCUT2D eigenvalue weighted by Gasteiger charge is -2.11. The fraction of sp³-hybridized carbons (Fsp3) is 0.273. The third-order valence-electron chi connectivity index (χ3n) is 2.00. The molecule has 1 aromatic carbocycles. The van der Waals surface area contributed by atoms with Gasteiger partial charge in [0.1, 0.15) is 0 Å². The Labute approximate surface area is 92.5 Å². The standard InChI is InChI=1S/C11H13F2NO2/c1-15-10-7(4-3-5-14)6-8(12)9(13)11(10)16-2/h3-4,6H,5,14H2,1-2H3/b4-3+. The Morgan fingerprint density at radius 2 is 1.88 bits per heavy atom. The molecule has 0 amide bonds. The van der Waals surface area contributed by atoms with Gasteiger partial charge >= 0.3 is 0 Å². The second kappa shape index (κ2) is 5.46. The highest BCUT2D eigenvalue weighted by Gasteiger charge is 2.18. The highest BCUT2D eigenvalue weighted by molar-refractivity contribution is 5.63. The Bertz CT molecular complexity index is 405. The van der Waals surface area contributed by atoms with E-state index in [1.54, 1.807) is 12.2 Å². The van der Waals surface area contributed by atoms with Gasteiger partial charge in [0.25, 0.3) is 0 Å². The van der Waals surface area contributed by atoms with E-state index in [1.807, 2.05) is 0 Å². The molecule has 0 unspecified atom stereocenters. The molecule has 16 heavy (non-hydrogen) atoms. The number of halogens is 2. The molecule has 0 saturated heterocycles. The number of ether oxygens (including phenoxy) is 2. The topological polar surface area (TPSA) is 44.5 Å². The second-order valence-corrected chi connectivity index (χ2v) is 2.97. The number of benzene rings is 1. The van der Waals surface area contributed by atoms with Gasteiger partial charge in [-0.05, 0) is 6.07 Å². The van der Waals surface area contributed by atoms with E-state index in [1.165, 1.54) is 14.2 Å². The van der Waals surface area contributed by atoms with Crippen LogP contribution in [-0.2, 0) is 0 Å². The minimum absolute atomic E-state index is 0.145. The van der Waals surface area contributed by atoms with E-state index in [9.17, 15) is 8.78 Å². The third kappa shape index (κ3) is 2.30. The van der Waals surface area contributed by atoms with Crippen LogP contribution in [0.15, 0.2) is 12.1 Å². The van der Waals surface area contributed by atoms with Crippen LogP contribution in [-0.4, -0.2) is 20.8 Å². The van der Waals surface area contributed by atoms with Crippen molar-refractivity contribution < 1.29 is 18.3 Å². The summed E-state index contributed by atoms with van der Waals surface area (Å²) in [5, 5.41) is 0. The maximum Gasteiger partial charge on any atom is 0.204 e. The van der Waals surface area contributed by atoms with Gasteiger partial charge in [-0.1, -0.05) is 12.2 Å². The number of nitrogens with two attached hydrogens (primary N) is 1. The molecule has 1 aromatic rings. The van der Waals surface area contributed by atoms with Crippen LogP contribution in [0.3, 0.4) is 0 Å². The van der Waals surface area contributed by atoms with Gasteiger partial charge in [0.15, 0.2) is 11.6 Å². The average molecular weight is 229 g/mol. The van der Waals surface area contributed by atoms with Gasteiger partial charge in [-0.2, -0.15) is 4.39 Å². The van der Waals surface area contributed by atoms with Crippen LogP contribution in [0.5, 0.6) is 11.5 Å². The van der Waals surface area contributed by atoms with Gasteiger partial charge in [-0.3, -0.25) is 0 Å². The summed E-state index contributed by atoms with van der Waals surface area (Å²) in [6.45, 7) is 0.296. The molecule has 0 spiro atoms. The number of hydrogen-bond acceptors (Lipinski definition) is 3. The molecule has 2 N–H and O–H groups in total. The lowest BCUT2D eigenvalue weighted by atomic mass is 10.1.